The molecule has 0 rings (SSSR count). The van der Waals surface area contributed by atoms with E-state index in [1.54, 1.807) is 0 Å². The molecule has 1 amide bonds. The maximum absolute atomic E-state index is 10.4. The van der Waals surface area contributed by atoms with Gasteiger partial charge in [0, 0.05) is 6.42 Å². The Hall–Kier alpha value is -1.05. The van der Waals surface area contributed by atoms with Gasteiger partial charge in [0.05, 0.1) is 6.04 Å². The molecular formula is C5H9N3O. The van der Waals surface area contributed by atoms with Crippen LogP contribution < -0.4 is 17.0 Å². The molecule has 0 fully saturated rings. The predicted octanol–water partition coefficient (Wildman–Crippen LogP) is -1.67. The Bertz CT molecular complexity index is 138. The molecule has 4 heteroatoms. The third-order valence-corrected chi connectivity index (χ3v) is 0.817. The van der Waals surface area contributed by atoms with Crippen molar-refractivity contribution in [1.82, 2.24) is 5.43 Å². The summed E-state index contributed by atoms with van der Waals surface area (Å²) in [6.45, 7) is 0. The molecule has 0 heterocycles. The summed E-state index contributed by atoms with van der Waals surface area (Å²) in [5.74, 6) is 6.56. The van der Waals surface area contributed by atoms with Crippen molar-refractivity contribution in [2.45, 2.75) is 12.5 Å². The van der Waals surface area contributed by atoms with Crippen LogP contribution in [0.25, 0.3) is 0 Å². The van der Waals surface area contributed by atoms with E-state index in [1.165, 1.54) is 0 Å². The van der Waals surface area contributed by atoms with Crippen LogP contribution in [0.4, 0.5) is 0 Å². The fourth-order valence-electron chi connectivity index (χ4n) is 0.327. The van der Waals surface area contributed by atoms with Crippen LogP contribution in [0.3, 0.4) is 0 Å². The molecule has 0 aliphatic rings. The number of nitrogens with one attached hydrogen (secondary N) is 1. The van der Waals surface area contributed by atoms with Gasteiger partial charge in [-0.15, -0.1) is 12.3 Å². The van der Waals surface area contributed by atoms with Gasteiger partial charge in [0.2, 0.25) is 0 Å². The minimum atomic E-state index is -0.681. The van der Waals surface area contributed by atoms with Gasteiger partial charge in [0.25, 0.3) is 5.91 Å². The van der Waals surface area contributed by atoms with Gasteiger partial charge in [0.1, 0.15) is 0 Å². The van der Waals surface area contributed by atoms with Gasteiger partial charge >= 0.3 is 0 Å². The van der Waals surface area contributed by atoms with Crippen LogP contribution >= 0.6 is 0 Å². The lowest BCUT2D eigenvalue weighted by atomic mass is 10.2. The summed E-state index contributed by atoms with van der Waals surface area (Å²) >= 11 is 0. The molecule has 0 aliphatic carbocycles. The molecular weight excluding hydrogens is 118 g/mol. The smallest absolute Gasteiger partial charge is 0.251 e. The molecule has 4 nitrogen and oxygen atoms in total. The third kappa shape index (κ3) is 2.69. The van der Waals surface area contributed by atoms with Crippen LogP contribution in [-0.4, -0.2) is 11.9 Å². The van der Waals surface area contributed by atoms with Gasteiger partial charge in [-0.05, 0) is 0 Å². The second kappa shape index (κ2) is 3.89. The zero-order valence-corrected chi connectivity index (χ0v) is 4.92. The summed E-state index contributed by atoms with van der Waals surface area (Å²) in [5.41, 5.74) is 7.09. The molecule has 0 saturated carbocycles. The van der Waals surface area contributed by atoms with Crippen LogP contribution in [-0.2, 0) is 4.79 Å². The fourth-order valence-corrected chi connectivity index (χ4v) is 0.327. The highest BCUT2D eigenvalue weighted by molar-refractivity contribution is 5.81. The average molecular weight is 127 g/mol. The van der Waals surface area contributed by atoms with Gasteiger partial charge in [-0.1, -0.05) is 0 Å². The molecule has 0 aromatic rings. The lowest BCUT2D eigenvalue weighted by Crippen LogP contribution is -2.43. The largest absolute Gasteiger partial charge is 0.319 e. The van der Waals surface area contributed by atoms with E-state index in [2.05, 4.69) is 5.92 Å². The molecule has 1 atom stereocenters. The number of amides is 1. The Morgan fingerprint density at radius 1 is 1.89 bits per heavy atom. The van der Waals surface area contributed by atoms with Gasteiger partial charge in [-0.3, -0.25) is 10.2 Å². The fraction of sp³-hybridized carbons (Fsp3) is 0.400. The first-order chi connectivity index (χ1) is 4.22. The topological polar surface area (TPSA) is 81.1 Å². The SMILES string of the molecule is C#CC[C@@H](N)C(=O)NN. The van der Waals surface area contributed by atoms with Crippen molar-refractivity contribution in [3.8, 4) is 12.3 Å². The van der Waals surface area contributed by atoms with Crippen molar-refractivity contribution in [3.63, 3.8) is 0 Å². The Morgan fingerprint density at radius 3 is 2.78 bits per heavy atom. The molecule has 0 aromatic heterocycles. The number of rotatable bonds is 2. The number of hydrogen-bond acceptors (Lipinski definition) is 3. The monoisotopic (exact) mass is 127 g/mol. The molecule has 0 unspecified atom stereocenters. The summed E-state index contributed by atoms with van der Waals surface area (Å²) in [5, 5.41) is 0. The standard InChI is InChI=1S/C5H9N3O/c1-2-3-4(6)5(9)8-7/h1,4H,3,6-7H2,(H,8,9)/t4-/m1/s1. The number of carbonyl (C=O) groups excluding carboxylic acids is 1. The quantitative estimate of drug-likeness (QED) is 0.179. The molecule has 0 aliphatic heterocycles. The summed E-state index contributed by atoms with van der Waals surface area (Å²) < 4.78 is 0. The minimum Gasteiger partial charge on any atom is -0.319 e. The van der Waals surface area contributed by atoms with E-state index in [0.29, 0.717) is 0 Å². The first-order valence-electron chi connectivity index (χ1n) is 2.42. The Morgan fingerprint density at radius 2 is 2.44 bits per heavy atom. The van der Waals surface area contributed by atoms with Crippen LogP contribution in [0.5, 0.6) is 0 Å². The van der Waals surface area contributed by atoms with Gasteiger partial charge in [0.15, 0.2) is 0 Å². The number of hydrogen-bond donors (Lipinski definition) is 3. The number of terminal acetylenes is 1. The summed E-state index contributed by atoms with van der Waals surface area (Å²) in [7, 11) is 0. The van der Waals surface area contributed by atoms with Crippen molar-refractivity contribution >= 4 is 5.91 Å². The third-order valence-electron chi connectivity index (χ3n) is 0.817. The van der Waals surface area contributed by atoms with E-state index in [4.69, 9.17) is 18.0 Å². The van der Waals surface area contributed by atoms with E-state index < -0.39 is 11.9 Å². The van der Waals surface area contributed by atoms with Crippen LogP contribution in [0.15, 0.2) is 0 Å². The van der Waals surface area contributed by atoms with E-state index in [0.717, 1.165) is 0 Å². The molecule has 0 radical (unpaired) electrons. The normalized spacial score (nSPS) is 11.7. The maximum Gasteiger partial charge on any atom is 0.251 e. The van der Waals surface area contributed by atoms with Crippen molar-refractivity contribution in [3.05, 3.63) is 0 Å². The van der Waals surface area contributed by atoms with Crippen molar-refractivity contribution in [2.75, 3.05) is 0 Å². The van der Waals surface area contributed by atoms with Crippen molar-refractivity contribution < 1.29 is 4.79 Å². The van der Waals surface area contributed by atoms with Crippen LogP contribution in [0.1, 0.15) is 6.42 Å². The van der Waals surface area contributed by atoms with E-state index in [-0.39, 0.29) is 6.42 Å². The Labute approximate surface area is 53.6 Å². The number of nitrogens with two attached hydrogens (primary N) is 2. The molecule has 0 aromatic carbocycles. The average Bonchev–Trinajstić information content (AvgIpc) is 1.87. The summed E-state index contributed by atoms with van der Waals surface area (Å²) in [6.07, 6.45) is 5.08. The lowest BCUT2D eigenvalue weighted by molar-refractivity contribution is -0.122. The first-order valence-corrected chi connectivity index (χ1v) is 2.42. The number of carbonyl (C=O) groups is 1. The van der Waals surface area contributed by atoms with Gasteiger partial charge < -0.3 is 5.73 Å². The highest BCUT2D eigenvalue weighted by Crippen LogP contribution is 1.82. The Kier molecular flexibility index (Phi) is 3.44. The lowest BCUT2D eigenvalue weighted by Gasteiger charge is -2.03. The minimum absolute atomic E-state index is 0.211. The number of hydrazine groups is 1. The second-order valence-electron chi connectivity index (χ2n) is 1.52. The summed E-state index contributed by atoms with van der Waals surface area (Å²) in [6, 6.07) is -0.681. The molecule has 5 N–H and O–H groups in total. The van der Waals surface area contributed by atoms with Gasteiger partial charge in [-0.25, -0.2) is 5.84 Å². The molecule has 50 valence electrons. The molecule has 0 saturated heterocycles. The molecule has 0 spiro atoms. The van der Waals surface area contributed by atoms with E-state index >= 15 is 0 Å². The zero-order valence-electron chi connectivity index (χ0n) is 4.92. The van der Waals surface area contributed by atoms with Crippen LogP contribution in [0, 0.1) is 12.3 Å². The molecule has 0 bridgehead atoms. The highest BCUT2D eigenvalue weighted by Gasteiger charge is 2.08. The van der Waals surface area contributed by atoms with Crippen molar-refractivity contribution in [1.29, 1.82) is 0 Å². The summed E-state index contributed by atoms with van der Waals surface area (Å²) in [4.78, 5) is 10.4. The van der Waals surface area contributed by atoms with Gasteiger partial charge in [-0.2, -0.15) is 0 Å². The second-order valence-corrected chi connectivity index (χ2v) is 1.52. The zero-order chi connectivity index (χ0) is 7.28. The molecule has 9 heavy (non-hydrogen) atoms. The maximum atomic E-state index is 10.4. The Balaban J connectivity index is 3.62. The van der Waals surface area contributed by atoms with Crippen LogP contribution in [0.2, 0.25) is 0 Å². The van der Waals surface area contributed by atoms with E-state index in [9.17, 15) is 4.79 Å². The first kappa shape index (κ1) is 7.95. The van der Waals surface area contributed by atoms with Crippen molar-refractivity contribution in [2.24, 2.45) is 11.6 Å². The highest BCUT2D eigenvalue weighted by atomic mass is 16.2. The van der Waals surface area contributed by atoms with E-state index in [1.807, 2.05) is 5.43 Å². The predicted molar refractivity (Wildman–Crippen MR) is 33.8 cm³/mol.